The van der Waals surface area contributed by atoms with Crippen LogP contribution in [-0.2, 0) is 0 Å². The lowest BCUT2D eigenvalue weighted by molar-refractivity contribution is 0.181. The van der Waals surface area contributed by atoms with E-state index >= 15 is 0 Å². The Balaban J connectivity index is 0.000000396. The molecule has 1 heteroatoms. The van der Waals surface area contributed by atoms with Gasteiger partial charge >= 0.3 is 0 Å². The van der Waals surface area contributed by atoms with E-state index in [0.29, 0.717) is 5.54 Å². The predicted molar refractivity (Wildman–Crippen MR) is 59.0 cm³/mol. The molecule has 0 amide bonds. The molecule has 2 aliphatic heterocycles. The highest BCUT2D eigenvalue weighted by molar-refractivity contribution is 4.99. The van der Waals surface area contributed by atoms with Gasteiger partial charge in [0.15, 0.2) is 0 Å². The number of rotatable bonds is 2. The first kappa shape index (κ1) is 11.0. The van der Waals surface area contributed by atoms with Gasteiger partial charge in [-0.2, -0.15) is 0 Å². The average Bonchev–Trinajstić information content (AvgIpc) is 2.67. The topological polar surface area (TPSA) is 3.24 Å². The molecule has 0 radical (unpaired) electrons. The maximum absolute atomic E-state index is 2.75. The van der Waals surface area contributed by atoms with Gasteiger partial charge in [-0.15, -0.1) is 0 Å². The van der Waals surface area contributed by atoms with Crippen molar-refractivity contribution < 1.29 is 0 Å². The molecule has 0 aromatic heterocycles. The van der Waals surface area contributed by atoms with Crippen molar-refractivity contribution in [1.29, 1.82) is 0 Å². The maximum Gasteiger partial charge on any atom is 0.0210 e. The molecule has 0 aromatic carbocycles. The van der Waals surface area contributed by atoms with Gasteiger partial charge in [-0.3, -0.25) is 4.90 Å². The predicted octanol–water partition coefficient (Wildman–Crippen LogP) is 3.44. The van der Waals surface area contributed by atoms with Gasteiger partial charge in [0.25, 0.3) is 0 Å². The van der Waals surface area contributed by atoms with Crippen LogP contribution >= 0.6 is 0 Å². The molecule has 2 saturated heterocycles. The second-order valence-electron chi connectivity index (χ2n) is 4.17. The second-order valence-corrected chi connectivity index (χ2v) is 4.17. The number of nitrogens with zero attached hydrogens (tertiary/aromatic N) is 1. The summed E-state index contributed by atoms with van der Waals surface area (Å²) in [6.45, 7) is 9.10. The highest BCUT2D eigenvalue weighted by atomic mass is 15.2. The summed E-state index contributed by atoms with van der Waals surface area (Å²) in [4.78, 5) is 2.75. The van der Waals surface area contributed by atoms with E-state index in [1.807, 2.05) is 13.8 Å². The lowest BCUT2D eigenvalue weighted by atomic mass is 9.89. The Labute approximate surface area is 83.5 Å². The Bertz CT molecular complexity index is 132. The standard InChI is InChI=1S/C10H19N.C2H6/c1-2-5-10-6-3-8-11(10)9-4-7-10;1-2/h2-9H2,1H3;1-2H3. The normalized spacial score (nSPS) is 25.2. The van der Waals surface area contributed by atoms with E-state index in [1.165, 1.54) is 51.6 Å². The van der Waals surface area contributed by atoms with E-state index in [9.17, 15) is 0 Å². The van der Waals surface area contributed by atoms with Crippen LogP contribution in [0.25, 0.3) is 0 Å². The SMILES string of the molecule is CC.CCCC12CCCN1CCC2. The molecule has 0 bridgehead atoms. The van der Waals surface area contributed by atoms with Crippen molar-refractivity contribution >= 4 is 0 Å². The van der Waals surface area contributed by atoms with Gasteiger partial charge in [-0.1, -0.05) is 27.2 Å². The summed E-state index contributed by atoms with van der Waals surface area (Å²) in [7, 11) is 0. The molecule has 2 aliphatic rings. The lowest BCUT2D eigenvalue weighted by Crippen LogP contribution is -2.37. The van der Waals surface area contributed by atoms with Crippen LogP contribution in [0.15, 0.2) is 0 Å². The molecule has 0 aromatic rings. The largest absolute Gasteiger partial charge is 0.298 e. The molecule has 0 aliphatic carbocycles. The third-order valence-corrected chi connectivity index (χ3v) is 3.53. The van der Waals surface area contributed by atoms with Gasteiger partial charge in [-0.05, 0) is 45.2 Å². The monoisotopic (exact) mass is 183 g/mol. The fraction of sp³-hybridized carbons (Fsp3) is 1.00. The molecule has 1 nitrogen and oxygen atoms in total. The summed E-state index contributed by atoms with van der Waals surface area (Å²) in [5, 5.41) is 0. The minimum Gasteiger partial charge on any atom is -0.298 e. The number of hydrogen-bond acceptors (Lipinski definition) is 1. The molecule has 0 spiro atoms. The van der Waals surface area contributed by atoms with Crippen molar-refractivity contribution in [2.45, 2.75) is 64.8 Å². The Morgan fingerprint density at radius 2 is 1.62 bits per heavy atom. The van der Waals surface area contributed by atoms with Crippen molar-refractivity contribution in [2.24, 2.45) is 0 Å². The van der Waals surface area contributed by atoms with Crippen LogP contribution in [0.1, 0.15) is 59.3 Å². The zero-order chi connectivity index (χ0) is 9.73. The first-order valence-corrected chi connectivity index (χ1v) is 6.12. The molecule has 0 atom stereocenters. The van der Waals surface area contributed by atoms with Crippen molar-refractivity contribution in [2.75, 3.05) is 13.1 Å². The van der Waals surface area contributed by atoms with Crippen LogP contribution in [0.4, 0.5) is 0 Å². The summed E-state index contributed by atoms with van der Waals surface area (Å²) in [6.07, 6.45) is 8.71. The molecule has 78 valence electrons. The summed E-state index contributed by atoms with van der Waals surface area (Å²) >= 11 is 0. The fourth-order valence-electron chi connectivity index (χ4n) is 3.10. The van der Waals surface area contributed by atoms with Crippen LogP contribution in [0.5, 0.6) is 0 Å². The van der Waals surface area contributed by atoms with Gasteiger partial charge in [-0.25, -0.2) is 0 Å². The van der Waals surface area contributed by atoms with E-state index in [2.05, 4.69) is 11.8 Å². The molecular weight excluding hydrogens is 158 g/mol. The molecule has 0 N–H and O–H groups in total. The lowest BCUT2D eigenvalue weighted by Gasteiger charge is -2.31. The molecular formula is C12H25N. The zero-order valence-corrected chi connectivity index (χ0v) is 9.60. The molecule has 0 saturated carbocycles. The first-order chi connectivity index (χ1) is 6.37. The van der Waals surface area contributed by atoms with Gasteiger partial charge in [0.2, 0.25) is 0 Å². The van der Waals surface area contributed by atoms with Crippen LogP contribution in [-0.4, -0.2) is 23.5 Å². The van der Waals surface area contributed by atoms with Crippen LogP contribution < -0.4 is 0 Å². The summed E-state index contributed by atoms with van der Waals surface area (Å²) in [5.74, 6) is 0. The molecule has 2 fully saturated rings. The average molecular weight is 183 g/mol. The third kappa shape index (κ3) is 2.07. The van der Waals surface area contributed by atoms with E-state index < -0.39 is 0 Å². The molecule has 2 heterocycles. The minimum absolute atomic E-state index is 0.689. The van der Waals surface area contributed by atoms with E-state index in [1.54, 1.807) is 0 Å². The van der Waals surface area contributed by atoms with Crippen LogP contribution in [0.3, 0.4) is 0 Å². The van der Waals surface area contributed by atoms with Gasteiger partial charge < -0.3 is 0 Å². The van der Waals surface area contributed by atoms with Gasteiger partial charge in [0.05, 0.1) is 0 Å². The Morgan fingerprint density at radius 3 is 2.08 bits per heavy atom. The highest BCUT2D eigenvalue weighted by Gasteiger charge is 2.42. The minimum atomic E-state index is 0.689. The quantitative estimate of drug-likeness (QED) is 0.634. The second kappa shape index (κ2) is 4.99. The Morgan fingerprint density at radius 1 is 1.08 bits per heavy atom. The smallest absolute Gasteiger partial charge is 0.0210 e. The summed E-state index contributed by atoms with van der Waals surface area (Å²) < 4.78 is 0. The Hall–Kier alpha value is -0.0400. The van der Waals surface area contributed by atoms with E-state index in [0.717, 1.165) is 0 Å². The molecule has 0 unspecified atom stereocenters. The molecule has 13 heavy (non-hydrogen) atoms. The van der Waals surface area contributed by atoms with E-state index in [4.69, 9.17) is 0 Å². The van der Waals surface area contributed by atoms with Crippen molar-refractivity contribution in [3.8, 4) is 0 Å². The zero-order valence-electron chi connectivity index (χ0n) is 9.60. The van der Waals surface area contributed by atoms with Gasteiger partial charge in [0.1, 0.15) is 0 Å². The molecule has 2 rings (SSSR count). The third-order valence-electron chi connectivity index (χ3n) is 3.53. The van der Waals surface area contributed by atoms with Crippen LogP contribution in [0, 0.1) is 0 Å². The van der Waals surface area contributed by atoms with Crippen molar-refractivity contribution in [3.05, 3.63) is 0 Å². The highest BCUT2D eigenvalue weighted by Crippen LogP contribution is 2.41. The van der Waals surface area contributed by atoms with Crippen LogP contribution in [0.2, 0.25) is 0 Å². The van der Waals surface area contributed by atoms with Gasteiger partial charge in [0, 0.05) is 5.54 Å². The summed E-state index contributed by atoms with van der Waals surface area (Å²) in [5.41, 5.74) is 0.689. The first-order valence-electron chi connectivity index (χ1n) is 6.12. The van der Waals surface area contributed by atoms with Crippen molar-refractivity contribution in [1.82, 2.24) is 4.90 Å². The van der Waals surface area contributed by atoms with E-state index in [-0.39, 0.29) is 0 Å². The fourth-order valence-corrected chi connectivity index (χ4v) is 3.10. The number of hydrogen-bond donors (Lipinski definition) is 0. The Kier molecular flexibility index (Phi) is 4.24. The van der Waals surface area contributed by atoms with Crippen molar-refractivity contribution in [3.63, 3.8) is 0 Å². The summed E-state index contributed by atoms with van der Waals surface area (Å²) in [6, 6.07) is 0. The number of fused-ring (bicyclic) bond motifs is 1. The maximum atomic E-state index is 2.75.